The Hall–Kier alpha value is -1.51. The van der Waals surface area contributed by atoms with Crippen molar-refractivity contribution in [2.75, 3.05) is 0 Å². The molecule has 0 rings (SSSR count). The SMILES string of the molecule is C=C/C(C)=C\C(=C/C)NC(=N)N. The van der Waals surface area contributed by atoms with E-state index >= 15 is 0 Å². The van der Waals surface area contributed by atoms with E-state index in [0.29, 0.717) is 0 Å². The van der Waals surface area contributed by atoms with Crippen molar-refractivity contribution in [3.05, 3.63) is 36.1 Å². The lowest BCUT2D eigenvalue weighted by Crippen LogP contribution is -2.28. The van der Waals surface area contributed by atoms with Crippen LogP contribution in [-0.2, 0) is 0 Å². The maximum Gasteiger partial charge on any atom is 0.190 e. The van der Waals surface area contributed by atoms with Crippen LogP contribution < -0.4 is 11.1 Å². The van der Waals surface area contributed by atoms with E-state index in [2.05, 4.69) is 11.9 Å². The van der Waals surface area contributed by atoms with Crippen molar-refractivity contribution < 1.29 is 0 Å². The van der Waals surface area contributed by atoms with Crippen LogP contribution in [0, 0.1) is 5.41 Å². The van der Waals surface area contributed by atoms with E-state index in [-0.39, 0.29) is 5.96 Å². The van der Waals surface area contributed by atoms with Crippen LogP contribution in [0.2, 0.25) is 0 Å². The zero-order valence-corrected chi connectivity index (χ0v) is 7.52. The molecule has 0 aromatic heterocycles. The fraction of sp³-hybridized carbons (Fsp3) is 0.222. The smallest absolute Gasteiger partial charge is 0.190 e. The first kappa shape index (κ1) is 10.5. The maximum absolute atomic E-state index is 7.00. The number of allylic oxidation sites excluding steroid dienone is 4. The molecule has 0 radical (unpaired) electrons. The van der Waals surface area contributed by atoms with Gasteiger partial charge in [-0.15, -0.1) is 0 Å². The molecule has 0 bridgehead atoms. The Morgan fingerprint density at radius 1 is 1.58 bits per heavy atom. The molecule has 66 valence electrons. The number of rotatable bonds is 3. The summed E-state index contributed by atoms with van der Waals surface area (Å²) in [5, 5.41) is 9.69. The second-order valence-electron chi connectivity index (χ2n) is 2.38. The van der Waals surface area contributed by atoms with Crippen LogP contribution in [0.4, 0.5) is 0 Å². The number of hydrogen-bond donors (Lipinski definition) is 3. The summed E-state index contributed by atoms with van der Waals surface area (Å²) in [4.78, 5) is 0. The van der Waals surface area contributed by atoms with E-state index in [1.807, 2.05) is 26.0 Å². The summed E-state index contributed by atoms with van der Waals surface area (Å²) in [6.07, 6.45) is 5.45. The van der Waals surface area contributed by atoms with Crippen molar-refractivity contribution in [3.8, 4) is 0 Å². The lowest BCUT2D eigenvalue weighted by molar-refractivity contribution is 1.11. The van der Waals surface area contributed by atoms with E-state index in [0.717, 1.165) is 11.3 Å². The minimum atomic E-state index is -0.0591. The summed E-state index contributed by atoms with van der Waals surface area (Å²) in [6, 6.07) is 0. The first-order valence-electron chi connectivity index (χ1n) is 3.68. The molecule has 0 heterocycles. The highest BCUT2D eigenvalue weighted by Gasteiger charge is 1.91. The van der Waals surface area contributed by atoms with Crippen LogP contribution in [0.25, 0.3) is 0 Å². The monoisotopic (exact) mass is 165 g/mol. The third-order valence-electron chi connectivity index (χ3n) is 1.30. The summed E-state index contributed by atoms with van der Waals surface area (Å²) >= 11 is 0. The Morgan fingerprint density at radius 3 is 2.50 bits per heavy atom. The normalized spacial score (nSPS) is 12.5. The molecule has 3 heteroatoms. The van der Waals surface area contributed by atoms with E-state index in [1.54, 1.807) is 6.08 Å². The van der Waals surface area contributed by atoms with Crippen molar-refractivity contribution in [2.45, 2.75) is 13.8 Å². The minimum absolute atomic E-state index is 0.0591. The first-order chi connectivity index (χ1) is 5.60. The Morgan fingerprint density at radius 2 is 2.17 bits per heavy atom. The predicted molar refractivity (Wildman–Crippen MR) is 52.8 cm³/mol. The van der Waals surface area contributed by atoms with Gasteiger partial charge in [0.25, 0.3) is 0 Å². The molecule has 0 aromatic rings. The molecule has 0 atom stereocenters. The van der Waals surface area contributed by atoms with Crippen molar-refractivity contribution in [1.82, 2.24) is 5.32 Å². The van der Waals surface area contributed by atoms with Gasteiger partial charge in [0.2, 0.25) is 0 Å². The van der Waals surface area contributed by atoms with Gasteiger partial charge >= 0.3 is 0 Å². The lowest BCUT2D eigenvalue weighted by atomic mass is 10.2. The van der Waals surface area contributed by atoms with E-state index in [4.69, 9.17) is 11.1 Å². The number of guanidine groups is 1. The van der Waals surface area contributed by atoms with Crippen molar-refractivity contribution >= 4 is 5.96 Å². The molecule has 0 aliphatic heterocycles. The molecule has 0 saturated heterocycles. The number of nitrogens with two attached hydrogens (primary N) is 1. The molecule has 0 aliphatic rings. The Labute approximate surface area is 73.2 Å². The van der Waals surface area contributed by atoms with Gasteiger partial charge in [-0.05, 0) is 25.5 Å². The van der Waals surface area contributed by atoms with Gasteiger partial charge < -0.3 is 11.1 Å². The molecule has 0 saturated carbocycles. The van der Waals surface area contributed by atoms with Crippen molar-refractivity contribution in [2.24, 2.45) is 5.73 Å². The second kappa shape index (κ2) is 5.18. The van der Waals surface area contributed by atoms with Gasteiger partial charge in [0.15, 0.2) is 5.96 Å². The van der Waals surface area contributed by atoms with Gasteiger partial charge in [-0.2, -0.15) is 0 Å². The molecular formula is C9H15N3. The van der Waals surface area contributed by atoms with Gasteiger partial charge in [0, 0.05) is 5.70 Å². The third-order valence-corrected chi connectivity index (χ3v) is 1.30. The summed E-state index contributed by atoms with van der Waals surface area (Å²) in [7, 11) is 0. The quantitative estimate of drug-likeness (QED) is 0.337. The molecule has 3 nitrogen and oxygen atoms in total. The highest BCUT2D eigenvalue weighted by molar-refractivity contribution is 5.76. The summed E-state index contributed by atoms with van der Waals surface area (Å²) in [6.45, 7) is 7.42. The molecular weight excluding hydrogens is 150 g/mol. The maximum atomic E-state index is 7.00. The molecule has 0 fully saturated rings. The minimum Gasteiger partial charge on any atom is -0.370 e. The second-order valence-corrected chi connectivity index (χ2v) is 2.38. The number of nitrogens with one attached hydrogen (secondary N) is 2. The summed E-state index contributed by atoms with van der Waals surface area (Å²) in [5.41, 5.74) is 6.99. The summed E-state index contributed by atoms with van der Waals surface area (Å²) in [5.74, 6) is -0.0591. The van der Waals surface area contributed by atoms with Crippen LogP contribution in [-0.4, -0.2) is 5.96 Å². The molecule has 12 heavy (non-hydrogen) atoms. The average Bonchev–Trinajstić information content (AvgIpc) is 2.02. The van der Waals surface area contributed by atoms with Gasteiger partial charge in [-0.3, -0.25) is 5.41 Å². The number of hydrogen-bond acceptors (Lipinski definition) is 1. The van der Waals surface area contributed by atoms with Crippen LogP contribution in [0.1, 0.15) is 13.8 Å². The molecule has 0 aromatic carbocycles. The highest BCUT2D eigenvalue weighted by Crippen LogP contribution is 1.99. The Kier molecular flexibility index (Phi) is 4.53. The fourth-order valence-electron chi connectivity index (χ4n) is 0.651. The van der Waals surface area contributed by atoms with E-state index < -0.39 is 0 Å². The van der Waals surface area contributed by atoms with Crippen LogP contribution >= 0.6 is 0 Å². The van der Waals surface area contributed by atoms with Crippen LogP contribution in [0.5, 0.6) is 0 Å². The highest BCUT2D eigenvalue weighted by atomic mass is 15.0. The zero-order chi connectivity index (χ0) is 9.56. The fourth-order valence-corrected chi connectivity index (χ4v) is 0.651. The molecule has 0 spiro atoms. The topological polar surface area (TPSA) is 61.9 Å². The van der Waals surface area contributed by atoms with Gasteiger partial charge in [-0.25, -0.2) is 0 Å². The molecule has 4 N–H and O–H groups in total. The molecule has 0 aliphatic carbocycles. The van der Waals surface area contributed by atoms with E-state index in [9.17, 15) is 0 Å². The van der Waals surface area contributed by atoms with E-state index in [1.165, 1.54) is 0 Å². The van der Waals surface area contributed by atoms with Gasteiger partial charge in [0.05, 0.1) is 0 Å². The average molecular weight is 165 g/mol. The predicted octanol–water partition coefficient (Wildman–Crippen LogP) is 1.51. The Bertz CT molecular complexity index is 236. The zero-order valence-electron chi connectivity index (χ0n) is 7.52. The largest absolute Gasteiger partial charge is 0.370 e. The summed E-state index contributed by atoms with van der Waals surface area (Å²) < 4.78 is 0. The van der Waals surface area contributed by atoms with Crippen LogP contribution in [0.3, 0.4) is 0 Å². The Balaban J connectivity index is 4.39. The van der Waals surface area contributed by atoms with Gasteiger partial charge in [-0.1, -0.05) is 18.7 Å². The van der Waals surface area contributed by atoms with Crippen molar-refractivity contribution in [3.63, 3.8) is 0 Å². The molecule has 0 amide bonds. The molecule has 0 unspecified atom stereocenters. The standard InChI is InChI=1S/C9H15N3/c1-4-7(3)6-8(5-2)12-9(10)11/h4-6H,1H2,2-3H3,(H4,10,11,12)/b7-6-,8-5+. The third kappa shape index (κ3) is 4.33. The van der Waals surface area contributed by atoms with Gasteiger partial charge in [0.1, 0.15) is 0 Å². The first-order valence-corrected chi connectivity index (χ1v) is 3.68. The van der Waals surface area contributed by atoms with Crippen molar-refractivity contribution in [1.29, 1.82) is 5.41 Å². The van der Waals surface area contributed by atoms with Crippen LogP contribution in [0.15, 0.2) is 36.1 Å². The lowest BCUT2D eigenvalue weighted by Gasteiger charge is -2.03.